The minimum Gasteiger partial charge on any atom is -0.497 e. The van der Waals surface area contributed by atoms with Crippen molar-refractivity contribution in [1.82, 2.24) is 5.32 Å². The summed E-state index contributed by atoms with van der Waals surface area (Å²) in [4.78, 5) is 29.1. The molecule has 0 radical (unpaired) electrons. The third-order valence-electron chi connectivity index (χ3n) is 8.29. The van der Waals surface area contributed by atoms with E-state index in [0.29, 0.717) is 69.8 Å². The van der Waals surface area contributed by atoms with Gasteiger partial charge in [0.05, 0.1) is 33.1 Å². The van der Waals surface area contributed by atoms with E-state index < -0.39 is 11.8 Å². The summed E-state index contributed by atoms with van der Waals surface area (Å²) in [5.41, 5.74) is 4.48. The molecule has 1 aliphatic rings. The fourth-order valence-corrected chi connectivity index (χ4v) is 6.82. The number of carbonyl (C=O) groups is 2. The molecule has 2 unspecified atom stereocenters. The number of carbonyl (C=O) groups excluding carboxylic acids is 2. The zero-order chi connectivity index (χ0) is 34.8. The third kappa shape index (κ3) is 7.41. The van der Waals surface area contributed by atoms with Gasteiger partial charge in [0, 0.05) is 33.3 Å². The Kier molecular flexibility index (Phi) is 10.8. The lowest BCUT2D eigenvalue weighted by molar-refractivity contribution is -0.120. The van der Waals surface area contributed by atoms with E-state index in [0.717, 1.165) is 0 Å². The lowest BCUT2D eigenvalue weighted by atomic mass is 9.71. The maximum atomic E-state index is 14.6. The molecule has 1 heterocycles. The van der Waals surface area contributed by atoms with Crippen molar-refractivity contribution in [2.75, 3.05) is 7.11 Å². The van der Waals surface area contributed by atoms with Crippen molar-refractivity contribution in [1.29, 1.82) is 0 Å². The van der Waals surface area contributed by atoms with E-state index in [2.05, 4.69) is 5.32 Å². The molecule has 5 aromatic rings. The van der Waals surface area contributed by atoms with Crippen LogP contribution in [0.25, 0.3) is 11.1 Å². The van der Waals surface area contributed by atoms with Gasteiger partial charge in [0.25, 0.3) is 0 Å². The van der Waals surface area contributed by atoms with Gasteiger partial charge in [-0.1, -0.05) is 106 Å². The normalized spacial score (nSPS) is 16.4. The van der Waals surface area contributed by atoms with Gasteiger partial charge in [0.1, 0.15) is 5.75 Å². The first kappa shape index (κ1) is 35.1. The highest BCUT2D eigenvalue weighted by atomic mass is 35.5. The van der Waals surface area contributed by atoms with Gasteiger partial charge in [-0.25, -0.2) is 0 Å². The number of amides is 1. The molecule has 6 rings (SSSR count). The first-order chi connectivity index (χ1) is 23.5. The Hall–Kier alpha value is -3.74. The second-order valence-electron chi connectivity index (χ2n) is 11.2. The van der Waals surface area contributed by atoms with Crippen LogP contribution in [0.5, 0.6) is 5.75 Å². The fraction of sp³-hybridized carbons (Fsp3) is 0.0769. The lowest BCUT2D eigenvalue weighted by Gasteiger charge is -2.33. The molecule has 246 valence electrons. The predicted octanol–water partition coefficient (Wildman–Crippen LogP) is 12.0. The van der Waals surface area contributed by atoms with Crippen molar-refractivity contribution in [2.24, 2.45) is 0 Å². The molecule has 0 spiro atoms. The molecular formula is C39H25Cl6NO3. The number of halogens is 6. The van der Waals surface area contributed by atoms with Crippen LogP contribution < -0.4 is 10.1 Å². The smallest absolute Gasteiger partial charge is 0.235 e. The van der Waals surface area contributed by atoms with Crippen LogP contribution in [0.15, 0.2) is 121 Å². The minimum absolute atomic E-state index is 0.268. The summed E-state index contributed by atoms with van der Waals surface area (Å²) in [5, 5.41) is 5.21. The summed E-state index contributed by atoms with van der Waals surface area (Å²) in [6.45, 7) is 0. The molecule has 2 atom stereocenters. The first-order valence-electron chi connectivity index (χ1n) is 14.9. The largest absolute Gasteiger partial charge is 0.497 e. The lowest BCUT2D eigenvalue weighted by Crippen LogP contribution is -2.31. The first-order valence-corrected chi connectivity index (χ1v) is 17.2. The van der Waals surface area contributed by atoms with Crippen molar-refractivity contribution in [3.8, 4) is 5.75 Å². The van der Waals surface area contributed by atoms with Crippen LogP contribution >= 0.6 is 69.6 Å². The van der Waals surface area contributed by atoms with E-state index in [9.17, 15) is 9.59 Å². The van der Waals surface area contributed by atoms with E-state index >= 15 is 0 Å². The second-order valence-corrected chi connectivity index (χ2v) is 13.7. The van der Waals surface area contributed by atoms with Crippen LogP contribution in [0, 0.1) is 0 Å². The molecular weight excluding hydrogens is 743 g/mol. The number of ketones is 1. The van der Waals surface area contributed by atoms with Crippen molar-refractivity contribution in [2.45, 2.75) is 11.8 Å². The van der Waals surface area contributed by atoms with Crippen LogP contribution in [0.2, 0.25) is 30.1 Å². The highest BCUT2D eigenvalue weighted by Crippen LogP contribution is 2.50. The van der Waals surface area contributed by atoms with E-state index in [1.807, 2.05) is 30.3 Å². The number of allylic oxidation sites excluding steroid dienone is 2. The Morgan fingerprint density at radius 1 is 0.592 bits per heavy atom. The van der Waals surface area contributed by atoms with Gasteiger partial charge in [-0.05, 0) is 106 Å². The molecule has 4 nitrogen and oxygen atoms in total. The Morgan fingerprint density at radius 3 is 1.71 bits per heavy atom. The molecule has 0 saturated heterocycles. The molecule has 0 aliphatic carbocycles. The zero-order valence-corrected chi connectivity index (χ0v) is 30.2. The van der Waals surface area contributed by atoms with Gasteiger partial charge in [0.2, 0.25) is 5.91 Å². The number of ether oxygens (including phenoxy) is 1. The second kappa shape index (κ2) is 15.0. The summed E-state index contributed by atoms with van der Waals surface area (Å²) in [6.07, 6.45) is 1.48. The summed E-state index contributed by atoms with van der Waals surface area (Å²) >= 11 is 38.7. The Labute approximate surface area is 313 Å². The standard InChI is InChI=1S/C39H25Cl6NO3/c1-49-28-14-6-22(7-15-28)37-36(25-9-17-31(43)33(45)19-25)35(21-2-10-26(40)11-3-21)34(24-8-16-30(42)32(44)18-24)29(20-46-39(37)48)38(47)23-4-12-27(41)13-5-23/h2-20,34,37H,1H3,(H,46,48). The highest BCUT2D eigenvalue weighted by Gasteiger charge is 2.38. The van der Waals surface area contributed by atoms with E-state index in [4.69, 9.17) is 74.3 Å². The zero-order valence-electron chi connectivity index (χ0n) is 25.6. The van der Waals surface area contributed by atoms with Crippen molar-refractivity contribution >= 4 is 92.4 Å². The molecule has 10 heteroatoms. The monoisotopic (exact) mass is 765 g/mol. The fourth-order valence-electron chi connectivity index (χ4n) is 5.97. The number of rotatable bonds is 7. The van der Waals surface area contributed by atoms with Gasteiger partial charge in [-0.2, -0.15) is 0 Å². The summed E-state index contributed by atoms with van der Waals surface area (Å²) in [6, 6.07) is 31.5. The molecule has 49 heavy (non-hydrogen) atoms. The SMILES string of the molecule is COc1ccc(C2C(=O)NC=C(C(=O)c3ccc(Cl)cc3)C(c3ccc(Cl)c(Cl)c3)C(c3ccc(Cl)cc3)=C2c2ccc(Cl)c(Cl)c2)cc1. The number of hydrogen-bond donors (Lipinski definition) is 1. The third-order valence-corrected chi connectivity index (χ3v) is 10.3. The Bertz CT molecular complexity index is 2120. The van der Waals surface area contributed by atoms with Gasteiger partial charge < -0.3 is 10.1 Å². The number of methoxy groups -OCH3 is 1. The van der Waals surface area contributed by atoms with Gasteiger partial charge in [-0.3, -0.25) is 9.59 Å². The maximum absolute atomic E-state index is 14.6. The van der Waals surface area contributed by atoms with Crippen LogP contribution in [0.4, 0.5) is 0 Å². The molecule has 1 N–H and O–H groups in total. The quantitative estimate of drug-likeness (QED) is 0.168. The maximum Gasteiger partial charge on any atom is 0.235 e. The van der Waals surface area contributed by atoms with Crippen molar-refractivity contribution in [3.05, 3.63) is 179 Å². The average Bonchev–Trinajstić information content (AvgIpc) is 3.10. The van der Waals surface area contributed by atoms with E-state index in [-0.39, 0.29) is 22.3 Å². The summed E-state index contributed by atoms with van der Waals surface area (Å²) < 4.78 is 5.42. The predicted molar refractivity (Wildman–Crippen MR) is 202 cm³/mol. The number of nitrogens with one attached hydrogen (secondary N) is 1. The summed E-state index contributed by atoms with van der Waals surface area (Å²) in [7, 11) is 1.57. The van der Waals surface area contributed by atoms with Crippen molar-refractivity contribution in [3.63, 3.8) is 0 Å². The van der Waals surface area contributed by atoms with Gasteiger partial charge in [0.15, 0.2) is 5.78 Å². The average molecular weight is 768 g/mol. The topological polar surface area (TPSA) is 55.4 Å². The number of Topliss-reactive ketones (excluding diaryl/α,β-unsaturated/α-hetero) is 1. The number of hydrogen-bond acceptors (Lipinski definition) is 3. The van der Waals surface area contributed by atoms with E-state index in [1.54, 1.807) is 86.0 Å². The van der Waals surface area contributed by atoms with Crippen LogP contribution in [0.1, 0.15) is 44.4 Å². The van der Waals surface area contributed by atoms with Crippen LogP contribution in [-0.2, 0) is 4.79 Å². The molecule has 1 aliphatic heterocycles. The van der Waals surface area contributed by atoms with Crippen molar-refractivity contribution < 1.29 is 14.3 Å². The molecule has 0 fully saturated rings. The minimum atomic E-state index is -0.900. The van der Waals surface area contributed by atoms with Crippen LogP contribution in [0.3, 0.4) is 0 Å². The van der Waals surface area contributed by atoms with Gasteiger partial charge in [-0.15, -0.1) is 0 Å². The Morgan fingerprint density at radius 2 is 1.12 bits per heavy atom. The van der Waals surface area contributed by atoms with Gasteiger partial charge >= 0.3 is 0 Å². The molecule has 0 bridgehead atoms. The van der Waals surface area contributed by atoms with Crippen LogP contribution in [-0.4, -0.2) is 18.8 Å². The molecule has 0 aromatic heterocycles. The highest BCUT2D eigenvalue weighted by molar-refractivity contribution is 6.42. The molecule has 1 amide bonds. The Balaban J connectivity index is 1.77. The number of benzene rings is 5. The summed E-state index contributed by atoms with van der Waals surface area (Å²) in [5.74, 6) is -1.80. The van der Waals surface area contributed by atoms with E-state index in [1.165, 1.54) is 6.20 Å². The molecule has 5 aromatic carbocycles. The molecule has 0 saturated carbocycles.